The molecule has 0 aromatic carbocycles. The van der Waals surface area contributed by atoms with Crippen LogP contribution in [0.3, 0.4) is 0 Å². The van der Waals surface area contributed by atoms with Crippen molar-refractivity contribution in [2.45, 2.75) is 57.7 Å². The first-order valence-electron chi connectivity index (χ1n) is 6.74. The number of nitrogens with zero attached hydrogens (tertiary/aromatic N) is 2. The number of hydrogen-bond donors (Lipinski definition) is 1. The first kappa shape index (κ1) is 12.4. The van der Waals surface area contributed by atoms with Gasteiger partial charge in [0.25, 0.3) is 0 Å². The van der Waals surface area contributed by atoms with E-state index in [0.717, 1.165) is 25.6 Å². The number of allylic oxidation sites excluding steroid dienone is 1. The predicted octanol–water partition coefficient (Wildman–Crippen LogP) is 2.88. The van der Waals surface area contributed by atoms with Gasteiger partial charge in [-0.15, -0.1) is 6.58 Å². The minimum atomic E-state index is 0.775. The van der Waals surface area contributed by atoms with E-state index in [9.17, 15) is 0 Å². The van der Waals surface area contributed by atoms with E-state index in [0.29, 0.717) is 0 Å². The van der Waals surface area contributed by atoms with Gasteiger partial charge >= 0.3 is 0 Å². The monoisotopic (exact) mass is 233 g/mol. The van der Waals surface area contributed by atoms with Gasteiger partial charge in [-0.25, -0.2) is 0 Å². The van der Waals surface area contributed by atoms with E-state index in [2.05, 4.69) is 27.9 Å². The summed E-state index contributed by atoms with van der Waals surface area (Å²) in [5.41, 5.74) is 1.31. The van der Waals surface area contributed by atoms with Crippen molar-refractivity contribution in [1.29, 1.82) is 0 Å². The third kappa shape index (κ3) is 4.73. The van der Waals surface area contributed by atoms with E-state index >= 15 is 0 Å². The molecule has 0 saturated heterocycles. The predicted molar refractivity (Wildman–Crippen MR) is 70.8 cm³/mol. The van der Waals surface area contributed by atoms with Crippen LogP contribution < -0.4 is 5.32 Å². The summed E-state index contributed by atoms with van der Waals surface area (Å²) in [7, 11) is 0. The van der Waals surface area contributed by atoms with Crippen LogP contribution in [0.2, 0.25) is 0 Å². The quantitative estimate of drug-likeness (QED) is 0.525. The Kier molecular flexibility index (Phi) is 4.80. The Morgan fingerprint density at radius 2 is 2.29 bits per heavy atom. The minimum absolute atomic E-state index is 0.775. The van der Waals surface area contributed by atoms with Gasteiger partial charge in [-0.1, -0.05) is 12.5 Å². The Balaban J connectivity index is 1.61. The number of nitrogens with one attached hydrogen (secondary N) is 1. The highest BCUT2D eigenvalue weighted by Crippen LogP contribution is 2.19. The lowest BCUT2D eigenvalue weighted by molar-refractivity contribution is 0.545. The fraction of sp³-hybridized carbons (Fsp3) is 0.643. The molecule has 0 bridgehead atoms. The fourth-order valence-electron chi connectivity index (χ4n) is 1.91. The van der Waals surface area contributed by atoms with Gasteiger partial charge in [-0.05, 0) is 32.1 Å². The maximum atomic E-state index is 4.39. The van der Waals surface area contributed by atoms with Crippen LogP contribution in [-0.2, 0) is 13.1 Å². The van der Waals surface area contributed by atoms with Crippen molar-refractivity contribution >= 4 is 0 Å². The molecule has 0 radical (unpaired) electrons. The maximum Gasteiger partial charge on any atom is 0.0534 e. The summed E-state index contributed by atoms with van der Waals surface area (Å²) in [5.74, 6) is 0. The topological polar surface area (TPSA) is 29.9 Å². The number of unbranched alkanes of at least 4 members (excludes halogenated alkanes) is 3. The zero-order valence-corrected chi connectivity index (χ0v) is 10.6. The average Bonchev–Trinajstić information content (AvgIpc) is 3.06. The first-order chi connectivity index (χ1) is 8.38. The SMILES string of the molecule is C=CCCCCCn1cc(CNC2CC2)cn1. The Bertz CT molecular complexity index is 339. The molecule has 1 aromatic rings. The summed E-state index contributed by atoms with van der Waals surface area (Å²) in [6, 6.07) is 0.775. The summed E-state index contributed by atoms with van der Waals surface area (Å²) in [4.78, 5) is 0. The van der Waals surface area contributed by atoms with Crippen LogP contribution in [0.4, 0.5) is 0 Å². The van der Waals surface area contributed by atoms with E-state index in [4.69, 9.17) is 0 Å². The largest absolute Gasteiger partial charge is 0.310 e. The summed E-state index contributed by atoms with van der Waals surface area (Å²) in [6.07, 6.45) is 13.7. The number of aromatic nitrogens is 2. The van der Waals surface area contributed by atoms with Gasteiger partial charge < -0.3 is 5.32 Å². The molecular formula is C14H23N3. The molecule has 1 aliphatic rings. The summed E-state index contributed by atoms with van der Waals surface area (Å²) in [5, 5.41) is 7.89. The molecule has 1 saturated carbocycles. The zero-order valence-electron chi connectivity index (χ0n) is 10.6. The Labute approximate surface area is 104 Å². The first-order valence-corrected chi connectivity index (χ1v) is 6.74. The van der Waals surface area contributed by atoms with Crippen molar-refractivity contribution in [2.75, 3.05) is 0 Å². The van der Waals surface area contributed by atoms with Crippen molar-refractivity contribution in [3.8, 4) is 0 Å². The molecule has 1 N–H and O–H groups in total. The van der Waals surface area contributed by atoms with Gasteiger partial charge in [-0.3, -0.25) is 4.68 Å². The molecule has 0 atom stereocenters. The van der Waals surface area contributed by atoms with Crippen LogP contribution in [0.5, 0.6) is 0 Å². The van der Waals surface area contributed by atoms with E-state index in [1.54, 1.807) is 0 Å². The molecule has 1 aliphatic carbocycles. The smallest absolute Gasteiger partial charge is 0.0534 e. The van der Waals surface area contributed by atoms with Crippen molar-refractivity contribution in [3.05, 3.63) is 30.6 Å². The fourth-order valence-corrected chi connectivity index (χ4v) is 1.91. The Hall–Kier alpha value is -1.09. The third-order valence-corrected chi connectivity index (χ3v) is 3.15. The molecule has 3 nitrogen and oxygen atoms in total. The van der Waals surface area contributed by atoms with Gasteiger partial charge in [0.05, 0.1) is 6.20 Å². The van der Waals surface area contributed by atoms with Crippen molar-refractivity contribution in [2.24, 2.45) is 0 Å². The van der Waals surface area contributed by atoms with E-state index < -0.39 is 0 Å². The molecular weight excluding hydrogens is 210 g/mol. The van der Waals surface area contributed by atoms with Crippen LogP contribution in [0.15, 0.2) is 25.0 Å². The molecule has 17 heavy (non-hydrogen) atoms. The molecule has 94 valence electrons. The Morgan fingerprint density at radius 3 is 3.06 bits per heavy atom. The molecule has 1 heterocycles. The van der Waals surface area contributed by atoms with Crippen LogP contribution >= 0.6 is 0 Å². The third-order valence-electron chi connectivity index (χ3n) is 3.15. The van der Waals surface area contributed by atoms with Gasteiger partial charge in [0, 0.05) is 30.9 Å². The van der Waals surface area contributed by atoms with Crippen LogP contribution in [0.25, 0.3) is 0 Å². The minimum Gasteiger partial charge on any atom is -0.310 e. The van der Waals surface area contributed by atoms with Crippen molar-refractivity contribution < 1.29 is 0 Å². The van der Waals surface area contributed by atoms with Gasteiger partial charge in [0.2, 0.25) is 0 Å². The average molecular weight is 233 g/mol. The standard InChI is InChI=1S/C14H23N3/c1-2-3-4-5-6-9-17-12-13(11-16-17)10-15-14-7-8-14/h2,11-12,14-15H,1,3-10H2. The number of aryl methyl sites for hydroxylation is 1. The second kappa shape index (κ2) is 6.60. The van der Waals surface area contributed by atoms with Gasteiger partial charge in [0.15, 0.2) is 0 Å². The van der Waals surface area contributed by atoms with E-state index in [1.807, 2.05) is 12.3 Å². The van der Waals surface area contributed by atoms with Crippen molar-refractivity contribution in [3.63, 3.8) is 0 Å². The normalized spacial score (nSPS) is 15.1. The molecule has 3 heteroatoms. The highest BCUT2D eigenvalue weighted by Gasteiger charge is 2.20. The molecule has 1 aromatic heterocycles. The summed E-state index contributed by atoms with van der Waals surface area (Å²) < 4.78 is 2.07. The molecule has 0 spiro atoms. The zero-order chi connectivity index (χ0) is 11.9. The maximum absolute atomic E-state index is 4.39. The lowest BCUT2D eigenvalue weighted by atomic mass is 10.2. The molecule has 0 unspecified atom stereocenters. The molecule has 0 amide bonds. The van der Waals surface area contributed by atoms with Crippen molar-refractivity contribution in [1.82, 2.24) is 15.1 Å². The lowest BCUT2D eigenvalue weighted by Gasteiger charge is -2.01. The van der Waals surface area contributed by atoms with Gasteiger partial charge in [0.1, 0.15) is 0 Å². The second-order valence-corrected chi connectivity index (χ2v) is 4.90. The second-order valence-electron chi connectivity index (χ2n) is 4.90. The number of rotatable bonds is 9. The van der Waals surface area contributed by atoms with Crippen LogP contribution in [0, 0.1) is 0 Å². The molecule has 1 fully saturated rings. The highest BCUT2D eigenvalue weighted by atomic mass is 15.3. The lowest BCUT2D eigenvalue weighted by Crippen LogP contribution is -2.14. The van der Waals surface area contributed by atoms with Crippen LogP contribution in [-0.4, -0.2) is 15.8 Å². The highest BCUT2D eigenvalue weighted by molar-refractivity contribution is 5.04. The Morgan fingerprint density at radius 1 is 1.41 bits per heavy atom. The van der Waals surface area contributed by atoms with Gasteiger partial charge in [-0.2, -0.15) is 5.10 Å². The molecule has 0 aliphatic heterocycles. The van der Waals surface area contributed by atoms with Crippen LogP contribution in [0.1, 0.15) is 44.1 Å². The summed E-state index contributed by atoms with van der Waals surface area (Å²) >= 11 is 0. The van der Waals surface area contributed by atoms with E-state index in [1.165, 1.54) is 37.7 Å². The summed E-state index contributed by atoms with van der Waals surface area (Å²) in [6.45, 7) is 5.75. The molecule has 2 rings (SSSR count). The van der Waals surface area contributed by atoms with E-state index in [-0.39, 0.29) is 0 Å². The number of hydrogen-bond acceptors (Lipinski definition) is 2.